The van der Waals surface area contributed by atoms with Crippen LogP contribution in [0.1, 0.15) is 10.4 Å². The quantitative estimate of drug-likeness (QED) is 0.841. The normalized spacial score (nSPS) is 14.8. The molecule has 0 bridgehead atoms. The molecule has 23 heavy (non-hydrogen) atoms. The van der Waals surface area contributed by atoms with E-state index in [1.54, 1.807) is 4.90 Å². The van der Waals surface area contributed by atoms with Crippen LogP contribution in [0.15, 0.2) is 36.9 Å². The number of benzene rings is 1. The van der Waals surface area contributed by atoms with Gasteiger partial charge in [-0.25, -0.2) is 0 Å². The van der Waals surface area contributed by atoms with E-state index in [4.69, 9.17) is 0 Å². The fraction of sp³-hybridized carbons (Fsp3) is 0.333. The van der Waals surface area contributed by atoms with Crippen LogP contribution in [-0.4, -0.2) is 42.7 Å². The van der Waals surface area contributed by atoms with E-state index in [9.17, 15) is 22.8 Å². The highest BCUT2D eigenvalue weighted by Crippen LogP contribution is 2.26. The molecule has 1 aliphatic heterocycles. The summed E-state index contributed by atoms with van der Waals surface area (Å²) in [6.45, 7) is 4.59. The lowest BCUT2D eigenvalue weighted by Gasteiger charge is -2.38. The fourth-order valence-electron chi connectivity index (χ4n) is 2.21. The molecule has 0 aromatic heterocycles. The molecule has 1 fully saturated rings. The molecule has 0 atom stereocenters. The van der Waals surface area contributed by atoms with Gasteiger partial charge >= 0.3 is 6.36 Å². The smallest absolute Gasteiger partial charge is 0.405 e. The van der Waals surface area contributed by atoms with Crippen LogP contribution in [-0.2, 0) is 4.79 Å². The van der Waals surface area contributed by atoms with Crippen molar-refractivity contribution >= 4 is 11.8 Å². The van der Waals surface area contributed by atoms with Crippen LogP contribution in [0.25, 0.3) is 0 Å². The van der Waals surface area contributed by atoms with Gasteiger partial charge in [0.1, 0.15) is 5.75 Å². The molecule has 1 aliphatic rings. The molecule has 0 radical (unpaired) electrons. The highest BCUT2D eigenvalue weighted by molar-refractivity contribution is 5.97. The molecule has 1 aromatic rings. The summed E-state index contributed by atoms with van der Waals surface area (Å²) in [7, 11) is 0. The first-order chi connectivity index (χ1) is 10.8. The van der Waals surface area contributed by atoms with Crippen molar-refractivity contribution in [1.82, 2.24) is 10.2 Å². The molecule has 0 saturated carbocycles. The number of likely N-dealkylation sites (tertiary alicyclic amines) is 1. The summed E-state index contributed by atoms with van der Waals surface area (Å²) in [5, 5.41) is 2.55. The van der Waals surface area contributed by atoms with Crippen LogP contribution < -0.4 is 10.1 Å². The molecule has 1 N–H and O–H groups in total. The number of alkyl halides is 3. The minimum atomic E-state index is -4.87. The van der Waals surface area contributed by atoms with Crippen molar-refractivity contribution in [1.29, 1.82) is 0 Å². The second kappa shape index (κ2) is 6.72. The third-order valence-corrected chi connectivity index (χ3v) is 3.35. The topological polar surface area (TPSA) is 58.6 Å². The third-order valence-electron chi connectivity index (χ3n) is 3.35. The van der Waals surface area contributed by atoms with Gasteiger partial charge in [-0.2, -0.15) is 0 Å². The first kappa shape index (κ1) is 16.9. The van der Waals surface area contributed by atoms with Crippen molar-refractivity contribution in [2.75, 3.05) is 19.6 Å². The van der Waals surface area contributed by atoms with E-state index in [0.29, 0.717) is 13.1 Å². The highest BCUT2D eigenvalue weighted by Gasteiger charge is 2.33. The minimum absolute atomic E-state index is 0.0681. The Labute approximate surface area is 130 Å². The van der Waals surface area contributed by atoms with E-state index in [1.165, 1.54) is 24.3 Å². The standard InChI is InChI=1S/C15H15F3N2O3/c1-2-13(21)20-8-10(9-20)7-19-14(22)11-5-3-4-6-12(11)23-15(16,17)18/h2-6,10H,1,7-9H2,(H,19,22). The van der Waals surface area contributed by atoms with Crippen molar-refractivity contribution in [2.45, 2.75) is 6.36 Å². The molecule has 0 aliphatic carbocycles. The van der Waals surface area contributed by atoms with E-state index < -0.39 is 18.0 Å². The van der Waals surface area contributed by atoms with Gasteiger partial charge in [0, 0.05) is 25.6 Å². The van der Waals surface area contributed by atoms with Crippen molar-refractivity contribution < 1.29 is 27.5 Å². The predicted octanol–water partition coefficient (Wildman–Crippen LogP) is 1.96. The van der Waals surface area contributed by atoms with Gasteiger partial charge in [0.2, 0.25) is 5.91 Å². The monoisotopic (exact) mass is 328 g/mol. The average molecular weight is 328 g/mol. The number of hydrogen-bond acceptors (Lipinski definition) is 3. The van der Waals surface area contributed by atoms with Crippen LogP contribution in [0, 0.1) is 5.92 Å². The lowest BCUT2D eigenvalue weighted by atomic mass is 10.00. The second-order valence-electron chi connectivity index (χ2n) is 5.07. The molecule has 1 aromatic carbocycles. The van der Waals surface area contributed by atoms with E-state index in [1.807, 2.05) is 0 Å². The molecule has 8 heteroatoms. The van der Waals surface area contributed by atoms with Gasteiger partial charge in [-0.3, -0.25) is 9.59 Å². The minimum Gasteiger partial charge on any atom is -0.405 e. The molecule has 1 saturated heterocycles. The average Bonchev–Trinajstić information content (AvgIpc) is 2.43. The van der Waals surface area contributed by atoms with Crippen molar-refractivity contribution in [3.05, 3.63) is 42.5 Å². The van der Waals surface area contributed by atoms with E-state index in [0.717, 1.165) is 6.07 Å². The van der Waals surface area contributed by atoms with Crippen molar-refractivity contribution in [3.8, 4) is 5.75 Å². The van der Waals surface area contributed by atoms with Gasteiger partial charge in [0.15, 0.2) is 0 Å². The maximum atomic E-state index is 12.3. The molecular formula is C15H15F3N2O3. The number of hydrogen-bond donors (Lipinski definition) is 1. The molecule has 0 spiro atoms. The Hall–Kier alpha value is -2.51. The fourth-order valence-corrected chi connectivity index (χ4v) is 2.21. The van der Waals surface area contributed by atoms with Crippen LogP contribution in [0.4, 0.5) is 13.2 Å². The number of halogens is 3. The number of rotatable bonds is 5. The van der Waals surface area contributed by atoms with E-state index in [-0.39, 0.29) is 23.9 Å². The number of nitrogens with one attached hydrogen (secondary N) is 1. The Morgan fingerprint density at radius 2 is 2.00 bits per heavy atom. The van der Waals surface area contributed by atoms with Crippen LogP contribution in [0.5, 0.6) is 5.75 Å². The van der Waals surface area contributed by atoms with Gasteiger partial charge in [0.25, 0.3) is 5.91 Å². The number of carbonyl (C=O) groups excluding carboxylic acids is 2. The molecule has 1 heterocycles. The zero-order chi connectivity index (χ0) is 17.0. The molecule has 5 nitrogen and oxygen atoms in total. The number of nitrogens with zero attached hydrogens (tertiary/aromatic N) is 1. The number of carbonyl (C=O) groups is 2. The van der Waals surface area contributed by atoms with Crippen molar-refractivity contribution in [3.63, 3.8) is 0 Å². The van der Waals surface area contributed by atoms with Crippen molar-refractivity contribution in [2.24, 2.45) is 5.92 Å². The number of para-hydroxylation sites is 1. The third kappa shape index (κ3) is 4.48. The maximum absolute atomic E-state index is 12.3. The Bertz CT molecular complexity index is 610. The molecule has 2 rings (SSSR count). The van der Waals surface area contributed by atoms with Gasteiger partial charge in [-0.1, -0.05) is 18.7 Å². The summed E-state index contributed by atoms with van der Waals surface area (Å²) in [4.78, 5) is 24.8. The largest absolute Gasteiger partial charge is 0.573 e. The van der Waals surface area contributed by atoms with Crippen LogP contribution in [0.3, 0.4) is 0 Å². The summed E-state index contributed by atoms with van der Waals surface area (Å²) >= 11 is 0. The summed E-state index contributed by atoms with van der Waals surface area (Å²) in [6, 6.07) is 5.13. The first-order valence-corrected chi connectivity index (χ1v) is 6.84. The van der Waals surface area contributed by atoms with E-state index in [2.05, 4.69) is 16.6 Å². The summed E-state index contributed by atoms with van der Waals surface area (Å²) in [5.41, 5.74) is -0.192. The zero-order valence-corrected chi connectivity index (χ0v) is 12.1. The van der Waals surface area contributed by atoms with E-state index >= 15 is 0 Å². The number of ether oxygens (including phenoxy) is 1. The van der Waals surface area contributed by atoms with Crippen LogP contribution in [0.2, 0.25) is 0 Å². The lowest BCUT2D eigenvalue weighted by Crippen LogP contribution is -2.53. The highest BCUT2D eigenvalue weighted by atomic mass is 19.4. The van der Waals surface area contributed by atoms with Gasteiger partial charge in [-0.05, 0) is 18.2 Å². The molecule has 2 amide bonds. The molecular weight excluding hydrogens is 313 g/mol. The number of amides is 2. The van der Waals surface area contributed by atoms with Gasteiger partial charge in [0.05, 0.1) is 5.56 Å². The van der Waals surface area contributed by atoms with Crippen LogP contribution >= 0.6 is 0 Å². The van der Waals surface area contributed by atoms with Gasteiger partial charge in [-0.15, -0.1) is 13.2 Å². The molecule has 0 unspecified atom stereocenters. The first-order valence-electron chi connectivity index (χ1n) is 6.84. The zero-order valence-electron chi connectivity index (χ0n) is 12.1. The Balaban J connectivity index is 1.90. The predicted molar refractivity (Wildman–Crippen MR) is 75.7 cm³/mol. The summed E-state index contributed by atoms with van der Waals surface area (Å²) in [6.07, 6.45) is -3.66. The summed E-state index contributed by atoms with van der Waals surface area (Å²) in [5.74, 6) is -1.32. The lowest BCUT2D eigenvalue weighted by molar-refractivity contribution is -0.274. The maximum Gasteiger partial charge on any atom is 0.573 e. The summed E-state index contributed by atoms with van der Waals surface area (Å²) < 4.78 is 40.8. The Morgan fingerprint density at radius 3 is 2.61 bits per heavy atom. The second-order valence-corrected chi connectivity index (χ2v) is 5.07. The Kier molecular flexibility index (Phi) is 4.92. The SMILES string of the molecule is C=CC(=O)N1CC(CNC(=O)c2ccccc2OC(F)(F)F)C1. The van der Waals surface area contributed by atoms with Gasteiger partial charge < -0.3 is 15.0 Å². The Morgan fingerprint density at radius 1 is 1.35 bits per heavy atom. The molecule has 124 valence electrons.